The average molecular weight is 282 g/mol. The third-order valence-corrected chi connectivity index (χ3v) is 3.71. The van der Waals surface area contributed by atoms with Crippen molar-refractivity contribution in [2.24, 2.45) is 0 Å². The fourth-order valence-corrected chi connectivity index (χ4v) is 2.83. The van der Waals surface area contributed by atoms with Gasteiger partial charge in [-0.05, 0) is 25.1 Å². The maximum Gasteiger partial charge on any atom is 0.306 e. The molecule has 5 heteroatoms. The summed E-state index contributed by atoms with van der Waals surface area (Å²) in [4.78, 5) is 12.5. The number of carbonyl (C=O) groups excluding carboxylic acids is 1. The molecule has 4 nitrogen and oxygen atoms in total. The van der Waals surface area contributed by atoms with Crippen LogP contribution >= 0.6 is 11.8 Å². The molecule has 1 heterocycles. The number of ether oxygens (including phenoxy) is 3. The largest absolute Gasteiger partial charge is 0.486 e. The zero-order valence-electron chi connectivity index (χ0n) is 11.2. The van der Waals surface area contributed by atoms with Crippen molar-refractivity contribution in [3.05, 3.63) is 18.2 Å². The van der Waals surface area contributed by atoms with Gasteiger partial charge < -0.3 is 14.2 Å². The van der Waals surface area contributed by atoms with Gasteiger partial charge in [0, 0.05) is 10.1 Å². The Kier molecular flexibility index (Phi) is 4.96. The van der Waals surface area contributed by atoms with Gasteiger partial charge >= 0.3 is 5.97 Å². The summed E-state index contributed by atoms with van der Waals surface area (Å²) in [7, 11) is 0. The van der Waals surface area contributed by atoms with E-state index < -0.39 is 0 Å². The highest BCUT2D eigenvalue weighted by Crippen LogP contribution is 2.35. The number of benzene rings is 1. The van der Waals surface area contributed by atoms with E-state index in [4.69, 9.17) is 14.2 Å². The molecule has 1 aliphatic rings. The van der Waals surface area contributed by atoms with Crippen molar-refractivity contribution in [3.8, 4) is 11.5 Å². The molecule has 1 atom stereocenters. The predicted octanol–water partition coefficient (Wildman–Crippen LogP) is 2.89. The van der Waals surface area contributed by atoms with E-state index in [1.807, 2.05) is 32.0 Å². The summed E-state index contributed by atoms with van der Waals surface area (Å²) >= 11 is 1.63. The van der Waals surface area contributed by atoms with E-state index in [1.54, 1.807) is 11.8 Å². The molecule has 1 aromatic rings. The molecule has 1 aromatic carbocycles. The molecule has 0 aromatic heterocycles. The number of thioether (sulfide) groups is 1. The molecule has 0 fully saturated rings. The molecule has 2 rings (SSSR count). The third-order valence-electron chi connectivity index (χ3n) is 2.61. The smallest absolute Gasteiger partial charge is 0.306 e. The Morgan fingerprint density at radius 2 is 2.11 bits per heavy atom. The van der Waals surface area contributed by atoms with Crippen LogP contribution in [-0.4, -0.2) is 31.0 Å². The molecule has 19 heavy (non-hydrogen) atoms. The lowest BCUT2D eigenvalue weighted by Gasteiger charge is -2.19. The third kappa shape index (κ3) is 4.06. The first-order valence-electron chi connectivity index (χ1n) is 6.41. The standard InChI is InChI=1S/C14H18O4S/c1-3-16-14(15)8-10(2)19-11-4-5-12-13(9-11)18-7-6-17-12/h4-5,9-10H,3,6-8H2,1-2H3. The predicted molar refractivity (Wildman–Crippen MR) is 74.0 cm³/mol. The molecule has 1 unspecified atom stereocenters. The van der Waals surface area contributed by atoms with E-state index in [1.165, 1.54) is 0 Å². The minimum absolute atomic E-state index is 0.153. The SMILES string of the molecule is CCOC(=O)CC(C)Sc1ccc2c(c1)OCCO2. The second kappa shape index (κ2) is 6.70. The van der Waals surface area contributed by atoms with Crippen LogP contribution < -0.4 is 9.47 Å². The highest BCUT2D eigenvalue weighted by Gasteiger charge is 2.15. The van der Waals surface area contributed by atoms with Gasteiger partial charge in [0.2, 0.25) is 0 Å². The first-order valence-corrected chi connectivity index (χ1v) is 7.29. The zero-order chi connectivity index (χ0) is 13.7. The monoisotopic (exact) mass is 282 g/mol. The van der Waals surface area contributed by atoms with Crippen molar-refractivity contribution in [1.29, 1.82) is 0 Å². The molecule has 0 bridgehead atoms. The Bertz CT molecular complexity index is 447. The van der Waals surface area contributed by atoms with Gasteiger partial charge in [-0.3, -0.25) is 4.79 Å². The van der Waals surface area contributed by atoms with Crippen LogP contribution in [0.3, 0.4) is 0 Å². The first kappa shape index (κ1) is 14.1. The summed E-state index contributed by atoms with van der Waals surface area (Å²) in [5.74, 6) is 1.41. The second-order valence-corrected chi connectivity index (χ2v) is 5.75. The fourth-order valence-electron chi connectivity index (χ4n) is 1.83. The maximum absolute atomic E-state index is 11.4. The van der Waals surface area contributed by atoms with Crippen LogP contribution in [0.1, 0.15) is 20.3 Å². The van der Waals surface area contributed by atoms with E-state index in [2.05, 4.69) is 0 Å². The van der Waals surface area contributed by atoms with Crippen molar-refractivity contribution in [3.63, 3.8) is 0 Å². The Morgan fingerprint density at radius 3 is 2.84 bits per heavy atom. The number of hydrogen-bond acceptors (Lipinski definition) is 5. The van der Waals surface area contributed by atoms with Crippen LogP contribution in [0.4, 0.5) is 0 Å². The molecule has 0 saturated carbocycles. The van der Waals surface area contributed by atoms with Crippen molar-refractivity contribution in [2.75, 3.05) is 19.8 Å². The highest BCUT2D eigenvalue weighted by molar-refractivity contribution is 8.00. The van der Waals surface area contributed by atoms with Gasteiger partial charge in [0.05, 0.1) is 13.0 Å². The molecule has 0 N–H and O–H groups in total. The summed E-state index contributed by atoms with van der Waals surface area (Å²) in [6.07, 6.45) is 0.410. The Labute approximate surface area is 117 Å². The van der Waals surface area contributed by atoms with Gasteiger partial charge in [-0.1, -0.05) is 6.92 Å². The molecule has 1 aliphatic heterocycles. The molecular weight excluding hydrogens is 264 g/mol. The quantitative estimate of drug-likeness (QED) is 0.614. The molecule has 0 spiro atoms. The Hall–Kier alpha value is -1.36. The van der Waals surface area contributed by atoms with Crippen LogP contribution in [-0.2, 0) is 9.53 Å². The van der Waals surface area contributed by atoms with Gasteiger partial charge in [0.15, 0.2) is 11.5 Å². The summed E-state index contributed by atoms with van der Waals surface area (Å²) in [5, 5.41) is 0.168. The number of hydrogen-bond donors (Lipinski definition) is 0. The zero-order valence-corrected chi connectivity index (χ0v) is 12.0. The lowest BCUT2D eigenvalue weighted by Crippen LogP contribution is -2.15. The summed E-state index contributed by atoms with van der Waals surface area (Å²) < 4.78 is 16.0. The van der Waals surface area contributed by atoms with Gasteiger partial charge in [0.25, 0.3) is 0 Å². The van der Waals surface area contributed by atoms with Crippen LogP contribution in [0.25, 0.3) is 0 Å². The fraction of sp³-hybridized carbons (Fsp3) is 0.500. The lowest BCUT2D eigenvalue weighted by atomic mass is 10.3. The van der Waals surface area contributed by atoms with E-state index in [-0.39, 0.29) is 11.2 Å². The van der Waals surface area contributed by atoms with Crippen LogP contribution in [0.5, 0.6) is 11.5 Å². The number of fused-ring (bicyclic) bond motifs is 1. The van der Waals surface area contributed by atoms with E-state index >= 15 is 0 Å². The Balaban J connectivity index is 1.93. The van der Waals surface area contributed by atoms with Gasteiger partial charge in [-0.15, -0.1) is 11.8 Å². The Morgan fingerprint density at radius 1 is 1.37 bits per heavy atom. The lowest BCUT2D eigenvalue weighted by molar-refractivity contribution is -0.142. The molecule has 0 saturated heterocycles. The molecule has 0 aliphatic carbocycles. The molecule has 0 amide bonds. The minimum atomic E-state index is -0.153. The van der Waals surface area contributed by atoms with Crippen LogP contribution in [0.15, 0.2) is 23.1 Å². The van der Waals surface area contributed by atoms with Gasteiger partial charge in [-0.2, -0.15) is 0 Å². The highest BCUT2D eigenvalue weighted by atomic mass is 32.2. The molecular formula is C14H18O4S. The van der Waals surface area contributed by atoms with Crippen molar-refractivity contribution in [1.82, 2.24) is 0 Å². The summed E-state index contributed by atoms with van der Waals surface area (Å²) in [6, 6.07) is 5.86. The normalized spacial score (nSPS) is 14.8. The van der Waals surface area contributed by atoms with Crippen molar-refractivity contribution < 1.29 is 19.0 Å². The maximum atomic E-state index is 11.4. The van der Waals surface area contributed by atoms with E-state index in [0.29, 0.717) is 26.2 Å². The van der Waals surface area contributed by atoms with Crippen LogP contribution in [0, 0.1) is 0 Å². The summed E-state index contributed by atoms with van der Waals surface area (Å²) in [6.45, 7) is 5.44. The molecule has 104 valence electrons. The van der Waals surface area contributed by atoms with E-state index in [9.17, 15) is 4.79 Å². The van der Waals surface area contributed by atoms with Crippen molar-refractivity contribution >= 4 is 17.7 Å². The van der Waals surface area contributed by atoms with Gasteiger partial charge in [0.1, 0.15) is 13.2 Å². The minimum Gasteiger partial charge on any atom is -0.486 e. The van der Waals surface area contributed by atoms with Gasteiger partial charge in [-0.25, -0.2) is 0 Å². The summed E-state index contributed by atoms with van der Waals surface area (Å²) in [5.41, 5.74) is 0. The topological polar surface area (TPSA) is 44.8 Å². The second-order valence-electron chi connectivity index (χ2n) is 4.24. The molecule has 0 radical (unpaired) electrons. The average Bonchev–Trinajstić information content (AvgIpc) is 2.38. The van der Waals surface area contributed by atoms with E-state index in [0.717, 1.165) is 16.4 Å². The first-order chi connectivity index (χ1) is 9.19. The number of esters is 1. The van der Waals surface area contributed by atoms with Crippen molar-refractivity contribution in [2.45, 2.75) is 30.4 Å². The number of rotatable bonds is 5. The number of carbonyl (C=O) groups is 1. The van der Waals surface area contributed by atoms with Crippen LogP contribution in [0.2, 0.25) is 0 Å².